The van der Waals surface area contributed by atoms with E-state index >= 15 is 0 Å². The number of hydrogen-bond donors (Lipinski definition) is 2. The molecule has 94 valence electrons. The molecule has 1 aliphatic heterocycles. The van der Waals surface area contributed by atoms with E-state index in [1.807, 2.05) is 11.8 Å². The molecule has 3 heteroatoms. The Labute approximate surface area is 108 Å². The van der Waals surface area contributed by atoms with Gasteiger partial charge in [0.25, 0.3) is 0 Å². The van der Waals surface area contributed by atoms with Crippen LogP contribution in [0.5, 0.6) is 0 Å². The van der Waals surface area contributed by atoms with Gasteiger partial charge in [0.1, 0.15) is 0 Å². The summed E-state index contributed by atoms with van der Waals surface area (Å²) in [6, 6.07) is 9.16. The van der Waals surface area contributed by atoms with Crippen LogP contribution in [0.15, 0.2) is 29.2 Å². The van der Waals surface area contributed by atoms with Crippen LogP contribution in [-0.2, 0) is 0 Å². The Bertz CT molecular complexity index is 356. The van der Waals surface area contributed by atoms with E-state index in [0.29, 0.717) is 12.0 Å². The monoisotopic (exact) mass is 251 g/mol. The maximum absolute atomic E-state index is 8.97. The predicted molar refractivity (Wildman–Crippen MR) is 73.7 cm³/mol. The lowest BCUT2D eigenvalue weighted by atomic mass is 10.0. The third-order valence-corrected chi connectivity index (χ3v) is 4.67. The summed E-state index contributed by atoms with van der Waals surface area (Å²) >= 11 is 1.96. The third-order valence-electron chi connectivity index (χ3n) is 3.42. The summed E-state index contributed by atoms with van der Waals surface area (Å²) in [5.41, 5.74) is 1.49. The highest BCUT2D eigenvalue weighted by Gasteiger charge is 2.22. The van der Waals surface area contributed by atoms with Gasteiger partial charge in [-0.3, -0.25) is 0 Å². The Morgan fingerprint density at radius 3 is 3.06 bits per heavy atom. The number of nitrogens with one attached hydrogen (secondary N) is 1. The van der Waals surface area contributed by atoms with Gasteiger partial charge in [-0.1, -0.05) is 25.1 Å². The molecule has 17 heavy (non-hydrogen) atoms. The molecule has 1 aromatic carbocycles. The molecule has 2 unspecified atom stereocenters. The number of aliphatic hydroxyl groups is 1. The minimum atomic E-state index is 0.279. The van der Waals surface area contributed by atoms with Gasteiger partial charge in [-0.05, 0) is 24.5 Å². The lowest BCUT2D eigenvalue weighted by molar-refractivity contribution is 0.261. The lowest BCUT2D eigenvalue weighted by Gasteiger charge is -2.19. The summed E-state index contributed by atoms with van der Waals surface area (Å²) in [5, 5.41) is 12.6. The van der Waals surface area contributed by atoms with E-state index in [1.165, 1.54) is 16.2 Å². The molecule has 0 saturated heterocycles. The first-order valence-corrected chi connectivity index (χ1v) is 7.39. The van der Waals surface area contributed by atoms with Crippen molar-refractivity contribution in [2.24, 2.45) is 0 Å². The first kappa shape index (κ1) is 12.9. The summed E-state index contributed by atoms with van der Waals surface area (Å²) in [6.07, 6.45) is 1.94. The van der Waals surface area contributed by atoms with E-state index in [0.717, 1.165) is 19.4 Å². The van der Waals surface area contributed by atoms with Crippen LogP contribution in [0.25, 0.3) is 0 Å². The first-order valence-electron chi connectivity index (χ1n) is 6.41. The van der Waals surface area contributed by atoms with Gasteiger partial charge in [0.05, 0.1) is 0 Å². The van der Waals surface area contributed by atoms with Crippen molar-refractivity contribution in [1.29, 1.82) is 0 Å². The first-order chi connectivity index (χ1) is 8.35. The van der Waals surface area contributed by atoms with Gasteiger partial charge in [-0.25, -0.2) is 0 Å². The molecule has 0 aromatic heterocycles. The maximum atomic E-state index is 8.97. The molecule has 2 N–H and O–H groups in total. The molecule has 0 fully saturated rings. The van der Waals surface area contributed by atoms with Crippen molar-refractivity contribution in [3.05, 3.63) is 29.8 Å². The number of aliphatic hydroxyl groups excluding tert-OH is 1. The van der Waals surface area contributed by atoms with Gasteiger partial charge in [0.2, 0.25) is 0 Å². The number of hydrogen-bond acceptors (Lipinski definition) is 3. The Balaban J connectivity index is 1.89. The Hall–Kier alpha value is -0.510. The zero-order valence-corrected chi connectivity index (χ0v) is 11.2. The summed E-state index contributed by atoms with van der Waals surface area (Å²) in [4.78, 5) is 1.44. The highest BCUT2D eigenvalue weighted by Crippen LogP contribution is 2.38. The van der Waals surface area contributed by atoms with E-state index in [4.69, 9.17) is 5.11 Å². The molecule has 0 radical (unpaired) electrons. The molecule has 1 aromatic rings. The Kier molecular flexibility index (Phi) is 4.89. The molecule has 1 aliphatic rings. The second-order valence-electron chi connectivity index (χ2n) is 4.57. The highest BCUT2D eigenvalue weighted by atomic mass is 32.2. The van der Waals surface area contributed by atoms with E-state index in [-0.39, 0.29) is 6.61 Å². The topological polar surface area (TPSA) is 32.3 Å². The SMILES string of the molecule is CCC(CCO)NCC1CSc2ccccc21. The summed E-state index contributed by atoms with van der Waals surface area (Å²) < 4.78 is 0. The quantitative estimate of drug-likeness (QED) is 0.815. The van der Waals surface area contributed by atoms with Crippen molar-refractivity contribution in [2.75, 3.05) is 18.9 Å². The Morgan fingerprint density at radius 2 is 2.29 bits per heavy atom. The second kappa shape index (κ2) is 6.43. The van der Waals surface area contributed by atoms with E-state index in [1.54, 1.807) is 0 Å². The molecule has 2 atom stereocenters. The van der Waals surface area contributed by atoms with Crippen LogP contribution >= 0.6 is 11.8 Å². The normalized spacial score (nSPS) is 20.2. The molecule has 0 bridgehead atoms. The van der Waals surface area contributed by atoms with Crippen molar-refractivity contribution >= 4 is 11.8 Å². The fourth-order valence-electron chi connectivity index (χ4n) is 2.31. The van der Waals surface area contributed by atoms with E-state index in [2.05, 4.69) is 36.5 Å². The smallest absolute Gasteiger partial charge is 0.0445 e. The van der Waals surface area contributed by atoms with Crippen LogP contribution in [0.3, 0.4) is 0 Å². The third kappa shape index (κ3) is 3.24. The highest BCUT2D eigenvalue weighted by molar-refractivity contribution is 7.99. The summed E-state index contributed by atoms with van der Waals surface area (Å²) in [5.74, 6) is 1.81. The van der Waals surface area contributed by atoms with Crippen LogP contribution in [0.2, 0.25) is 0 Å². The molecule has 0 aliphatic carbocycles. The molecule has 2 rings (SSSR count). The van der Waals surface area contributed by atoms with Crippen LogP contribution in [0.1, 0.15) is 31.2 Å². The van der Waals surface area contributed by atoms with Gasteiger partial charge >= 0.3 is 0 Å². The zero-order chi connectivity index (χ0) is 12.1. The number of fused-ring (bicyclic) bond motifs is 1. The largest absolute Gasteiger partial charge is 0.396 e. The number of rotatable bonds is 6. The van der Waals surface area contributed by atoms with Gasteiger partial charge in [0.15, 0.2) is 0 Å². The van der Waals surface area contributed by atoms with Crippen molar-refractivity contribution in [2.45, 2.75) is 36.6 Å². The average molecular weight is 251 g/mol. The van der Waals surface area contributed by atoms with E-state index < -0.39 is 0 Å². The van der Waals surface area contributed by atoms with Crippen molar-refractivity contribution in [3.8, 4) is 0 Å². The fraction of sp³-hybridized carbons (Fsp3) is 0.571. The molecule has 0 saturated carbocycles. The predicted octanol–water partition coefficient (Wildman–Crippen LogP) is 2.63. The average Bonchev–Trinajstić information content (AvgIpc) is 2.78. The minimum Gasteiger partial charge on any atom is -0.396 e. The zero-order valence-electron chi connectivity index (χ0n) is 10.4. The molecule has 0 amide bonds. The van der Waals surface area contributed by atoms with Crippen LogP contribution in [-0.4, -0.2) is 30.1 Å². The van der Waals surface area contributed by atoms with Gasteiger partial charge in [-0.2, -0.15) is 0 Å². The standard InChI is InChI=1S/C14H21NOS/c1-2-12(7-8-16)15-9-11-10-17-14-6-4-3-5-13(11)14/h3-6,11-12,15-16H,2,7-10H2,1H3. The van der Waals surface area contributed by atoms with Crippen LogP contribution in [0.4, 0.5) is 0 Å². The van der Waals surface area contributed by atoms with Gasteiger partial charge in [0, 0.05) is 35.8 Å². The van der Waals surface area contributed by atoms with Crippen molar-refractivity contribution in [1.82, 2.24) is 5.32 Å². The number of thioether (sulfide) groups is 1. The second-order valence-corrected chi connectivity index (χ2v) is 5.63. The lowest BCUT2D eigenvalue weighted by Crippen LogP contribution is -2.33. The maximum Gasteiger partial charge on any atom is 0.0445 e. The summed E-state index contributed by atoms with van der Waals surface area (Å²) in [7, 11) is 0. The molecular formula is C14H21NOS. The van der Waals surface area contributed by atoms with Crippen molar-refractivity contribution in [3.63, 3.8) is 0 Å². The van der Waals surface area contributed by atoms with Crippen LogP contribution in [0, 0.1) is 0 Å². The van der Waals surface area contributed by atoms with E-state index in [9.17, 15) is 0 Å². The molecular weight excluding hydrogens is 230 g/mol. The molecule has 2 nitrogen and oxygen atoms in total. The minimum absolute atomic E-state index is 0.279. The van der Waals surface area contributed by atoms with Gasteiger partial charge in [-0.15, -0.1) is 11.8 Å². The van der Waals surface area contributed by atoms with Gasteiger partial charge < -0.3 is 10.4 Å². The summed E-state index contributed by atoms with van der Waals surface area (Å²) in [6.45, 7) is 3.48. The molecule has 0 spiro atoms. The fourth-order valence-corrected chi connectivity index (χ4v) is 3.57. The number of benzene rings is 1. The van der Waals surface area contributed by atoms with Crippen LogP contribution < -0.4 is 5.32 Å². The van der Waals surface area contributed by atoms with Crippen molar-refractivity contribution < 1.29 is 5.11 Å². The molecule has 1 heterocycles. The Morgan fingerprint density at radius 1 is 1.47 bits per heavy atom.